The highest BCUT2D eigenvalue weighted by molar-refractivity contribution is 5.98. The molecule has 4 heteroatoms. The van der Waals surface area contributed by atoms with Crippen LogP contribution in [-0.4, -0.2) is 30.0 Å². The van der Waals surface area contributed by atoms with Gasteiger partial charge >= 0.3 is 0 Å². The van der Waals surface area contributed by atoms with Crippen LogP contribution in [0.2, 0.25) is 0 Å². The van der Waals surface area contributed by atoms with Gasteiger partial charge in [0.2, 0.25) is 0 Å². The number of hydrogen-bond acceptors (Lipinski definition) is 2. The number of benzene rings is 1. The number of hydrogen-bond donors (Lipinski definition) is 3. The molecule has 3 rings (SSSR count). The SMILES string of the molecule is CC(C)(C)c1ccc2cc(C(=O)N[C@H]3CCNC3)[nH]c2c1. The molecule has 4 nitrogen and oxygen atoms in total. The smallest absolute Gasteiger partial charge is 0.267 e. The molecule has 112 valence electrons. The van der Waals surface area contributed by atoms with Gasteiger partial charge in [-0.1, -0.05) is 32.9 Å². The lowest BCUT2D eigenvalue weighted by Gasteiger charge is -2.18. The van der Waals surface area contributed by atoms with E-state index in [-0.39, 0.29) is 17.4 Å². The lowest BCUT2D eigenvalue weighted by atomic mass is 9.87. The Kier molecular flexibility index (Phi) is 3.49. The average Bonchev–Trinajstić information content (AvgIpc) is 3.04. The second kappa shape index (κ2) is 5.19. The minimum atomic E-state index is -0.0165. The molecule has 2 aromatic rings. The van der Waals surface area contributed by atoms with Crippen molar-refractivity contribution in [1.82, 2.24) is 15.6 Å². The van der Waals surface area contributed by atoms with Crippen LogP contribution in [0.15, 0.2) is 24.3 Å². The van der Waals surface area contributed by atoms with Gasteiger partial charge in [0.15, 0.2) is 0 Å². The van der Waals surface area contributed by atoms with Crippen LogP contribution in [0, 0.1) is 0 Å². The largest absolute Gasteiger partial charge is 0.351 e. The first-order chi connectivity index (χ1) is 9.93. The third-order valence-electron chi connectivity index (χ3n) is 4.13. The van der Waals surface area contributed by atoms with Gasteiger partial charge in [0, 0.05) is 23.5 Å². The quantitative estimate of drug-likeness (QED) is 0.794. The summed E-state index contributed by atoms with van der Waals surface area (Å²) in [6.45, 7) is 8.42. The topological polar surface area (TPSA) is 56.9 Å². The van der Waals surface area contributed by atoms with Gasteiger partial charge in [0.05, 0.1) is 0 Å². The second-order valence-electron chi connectivity index (χ2n) is 6.90. The predicted octanol–water partition coefficient (Wildman–Crippen LogP) is 2.56. The molecule has 1 aliphatic heterocycles. The summed E-state index contributed by atoms with van der Waals surface area (Å²) in [5.41, 5.74) is 3.04. The van der Waals surface area contributed by atoms with Crippen molar-refractivity contribution in [1.29, 1.82) is 0 Å². The Labute approximate surface area is 125 Å². The van der Waals surface area contributed by atoms with Gasteiger partial charge in [-0.3, -0.25) is 4.79 Å². The van der Waals surface area contributed by atoms with Crippen LogP contribution in [0.3, 0.4) is 0 Å². The molecule has 1 aliphatic rings. The van der Waals surface area contributed by atoms with Gasteiger partial charge < -0.3 is 15.6 Å². The normalized spacial score (nSPS) is 19.1. The summed E-state index contributed by atoms with van der Waals surface area (Å²) in [5.74, 6) is -0.0165. The van der Waals surface area contributed by atoms with Crippen LogP contribution in [0.5, 0.6) is 0 Å². The van der Waals surface area contributed by atoms with Crippen molar-refractivity contribution in [3.05, 3.63) is 35.5 Å². The number of H-pyrrole nitrogens is 1. The molecule has 1 aromatic heterocycles. The first kappa shape index (κ1) is 14.1. The molecule has 0 radical (unpaired) electrons. The zero-order valence-electron chi connectivity index (χ0n) is 12.9. The zero-order valence-corrected chi connectivity index (χ0v) is 12.9. The van der Waals surface area contributed by atoms with Gasteiger partial charge in [0.1, 0.15) is 5.69 Å². The van der Waals surface area contributed by atoms with Gasteiger partial charge in [-0.05, 0) is 36.1 Å². The Morgan fingerprint density at radius 2 is 2.10 bits per heavy atom. The Hall–Kier alpha value is -1.81. The van der Waals surface area contributed by atoms with E-state index in [1.54, 1.807) is 0 Å². The number of carbonyl (C=O) groups excluding carboxylic acids is 1. The van der Waals surface area contributed by atoms with E-state index in [0.29, 0.717) is 5.69 Å². The highest BCUT2D eigenvalue weighted by atomic mass is 16.1. The van der Waals surface area contributed by atoms with Crippen LogP contribution in [0.25, 0.3) is 10.9 Å². The van der Waals surface area contributed by atoms with Crippen LogP contribution in [0.4, 0.5) is 0 Å². The van der Waals surface area contributed by atoms with E-state index in [2.05, 4.69) is 54.6 Å². The number of nitrogens with one attached hydrogen (secondary N) is 3. The van der Waals surface area contributed by atoms with E-state index >= 15 is 0 Å². The fraction of sp³-hybridized carbons (Fsp3) is 0.471. The van der Waals surface area contributed by atoms with Crippen LogP contribution >= 0.6 is 0 Å². The third-order valence-corrected chi connectivity index (χ3v) is 4.13. The molecular weight excluding hydrogens is 262 g/mol. The summed E-state index contributed by atoms with van der Waals surface area (Å²) in [6.07, 6.45) is 1.00. The van der Waals surface area contributed by atoms with E-state index in [9.17, 15) is 4.79 Å². The van der Waals surface area contributed by atoms with E-state index < -0.39 is 0 Å². The maximum atomic E-state index is 12.3. The van der Waals surface area contributed by atoms with Crippen molar-refractivity contribution in [2.45, 2.75) is 38.6 Å². The zero-order chi connectivity index (χ0) is 15.0. The predicted molar refractivity (Wildman–Crippen MR) is 85.7 cm³/mol. The Balaban J connectivity index is 1.84. The van der Waals surface area contributed by atoms with Crippen molar-refractivity contribution in [3.8, 4) is 0 Å². The van der Waals surface area contributed by atoms with Crippen molar-refractivity contribution in [3.63, 3.8) is 0 Å². The Bertz CT molecular complexity index is 660. The molecular formula is C17H23N3O. The lowest BCUT2D eigenvalue weighted by Crippen LogP contribution is -2.36. The molecule has 1 saturated heterocycles. The van der Waals surface area contributed by atoms with Gasteiger partial charge in [-0.25, -0.2) is 0 Å². The average molecular weight is 285 g/mol. The van der Waals surface area contributed by atoms with Crippen molar-refractivity contribution in [2.75, 3.05) is 13.1 Å². The summed E-state index contributed by atoms with van der Waals surface area (Å²) in [7, 11) is 0. The molecule has 0 bridgehead atoms. The monoisotopic (exact) mass is 285 g/mol. The third kappa shape index (κ3) is 2.95. The molecule has 1 amide bonds. The molecule has 0 aliphatic carbocycles. The highest BCUT2D eigenvalue weighted by Crippen LogP contribution is 2.26. The van der Waals surface area contributed by atoms with Gasteiger partial charge in [0.25, 0.3) is 5.91 Å². The molecule has 2 heterocycles. The standard InChI is InChI=1S/C17H23N3O/c1-17(2,3)12-5-4-11-8-15(20-14(11)9-12)16(21)19-13-6-7-18-10-13/h4-5,8-9,13,18,20H,6-7,10H2,1-3H3,(H,19,21)/t13-/m0/s1. The first-order valence-corrected chi connectivity index (χ1v) is 7.58. The fourth-order valence-corrected chi connectivity index (χ4v) is 2.76. The lowest BCUT2D eigenvalue weighted by molar-refractivity contribution is 0.0936. The Morgan fingerprint density at radius 1 is 1.29 bits per heavy atom. The molecule has 0 saturated carbocycles. The molecule has 1 atom stereocenters. The summed E-state index contributed by atoms with van der Waals surface area (Å²) in [6, 6.07) is 8.54. The number of rotatable bonds is 2. The van der Waals surface area contributed by atoms with Gasteiger partial charge in [-0.15, -0.1) is 0 Å². The minimum absolute atomic E-state index is 0.0165. The highest BCUT2D eigenvalue weighted by Gasteiger charge is 2.19. The second-order valence-corrected chi connectivity index (χ2v) is 6.90. The molecule has 0 unspecified atom stereocenters. The van der Waals surface area contributed by atoms with Crippen molar-refractivity contribution >= 4 is 16.8 Å². The number of aromatic nitrogens is 1. The summed E-state index contributed by atoms with van der Waals surface area (Å²) in [4.78, 5) is 15.5. The number of amides is 1. The Morgan fingerprint density at radius 3 is 2.76 bits per heavy atom. The molecule has 0 spiro atoms. The minimum Gasteiger partial charge on any atom is -0.351 e. The van der Waals surface area contributed by atoms with Crippen molar-refractivity contribution in [2.24, 2.45) is 0 Å². The van der Waals surface area contributed by atoms with E-state index in [1.807, 2.05) is 6.07 Å². The van der Waals surface area contributed by atoms with Crippen LogP contribution in [0.1, 0.15) is 43.2 Å². The molecule has 1 fully saturated rings. The molecule has 1 aromatic carbocycles. The number of carbonyl (C=O) groups is 1. The van der Waals surface area contributed by atoms with E-state index in [1.165, 1.54) is 5.56 Å². The first-order valence-electron chi connectivity index (χ1n) is 7.58. The molecule has 3 N–H and O–H groups in total. The maximum Gasteiger partial charge on any atom is 0.267 e. The fourth-order valence-electron chi connectivity index (χ4n) is 2.76. The van der Waals surface area contributed by atoms with Crippen LogP contribution in [-0.2, 0) is 5.41 Å². The number of aromatic amines is 1. The summed E-state index contributed by atoms with van der Waals surface area (Å²) >= 11 is 0. The van der Waals surface area contributed by atoms with E-state index in [4.69, 9.17) is 0 Å². The van der Waals surface area contributed by atoms with Crippen LogP contribution < -0.4 is 10.6 Å². The summed E-state index contributed by atoms with van der Waals surface area (Å²) in [5, 5.41) is 7.40. The van der Waals surface area contributed by atoms with E-state index in [0.717, 1.165) is 30.4 Å². The maximum absolute atomic E-state index is 12.3. The van der Waals surface area contributed by atoms with Gasteiger partial charge in [-0.2, -0.15) is 0 Å². The molecule has 21 heavy (non-hydrogen) atoms. The van der Waals surface area contributed by atoms with Crippen molar-refractivity contribution < 1.29 is 4.79 Å². The summed E-state index contributed by atoms with van der Waals surface area (Å²) < 4.78 is 0. The number of fused-ring (bicyclic) bond motifs is 1.